The van der Waals surface area contributed by atoms with Crippen molar-refractivity contribution in [2.45, 2.75) is 51.2 Å². The molecule has 2 rings (SSSR count). The predicted octanol–water partition coefficient (Wildman–Crippen LogP) is 4.85. The number of benzene rings is 1. The zero-order valence-electron chi connectivity index (χ0n) is 12.6. The predicted molar refractivity (Wildman–Crippen MR) is 94.2 cm³/mol. The van der Waals surface area contributed by atoms with Gasteiger partial charge in [0.05, 0.1) is 10.9 Å². The summed E-state index contributed by atoms with van der Waals surface area (Å²) in [4.78, 5) is 17.2. The SMILES string of the molecule is CCCCCCSc1nc2ccc(Br)cc2c(=O)n1CC. The van der Waals surface area contributed by atoms with Crippen molar-refractivity contribution in [1.29, 1.82) is 0 Å². The van der Waals surface area contributed by atoms with Crippen LogP contribution < -0.4 is 5.56 Å². The largest absolute Gasteiger partial charge is 0.287 e. The van der Waals surface area contributed by atoms with Crippen molar-refractivity contribution in [1.82, 2.24) is 9.55 Å². The molecule has 0 aliphatic heterocycles. The van der Waals surface area contributed by atoms with Crippen LogP contribution in [0, 0.1) is 0 Å². The third kappa shape index (κ3) is 4.10. The van der Waals surface area contributed by atoms with Gasteiger partial charge in [0.25, 0.3) is 5.56 Å². The third-order valence-electron chi connectivity index (χ3n) is 3.43. The maximum Gasteiger partial charge on any atom is 0.262 e. The first-order chi connectivity index (χ1) is 10.2. The fourth-order valence-electron chi connectivity index (χ4n) is 2.25. The van der Waals surface area contributed by atoms with Gasteiger partial charge in [-0.1, -0.05) is 53.9 Å². The molecule has 0 N–H and O–H groups in total. The summed E-state index contributed by atoms with van der Waals surface area (Å²) in [7, 11) is 0. The quantitative estimate of drug-likeness (QED) is 0.398. The number of halogens is 1. The highest BCUT2D eigenvalue weighted by molar-refractivity contribution is 9.10. The Bertz CT molecular complexity index is 669. The molecular formula is C16H21BrN2OS. The van der Waals surface area contributed by atoms with Crippen LogP contribution in [0.5, 0.6) is 0 Å². The topological polar surface area (TPSA) is 34.9 Å². The molecule has 2 aromatic rings. The van der Waals surface area contributed by atoms with Gasteiger partial charge in [-0.15, -0.1) is 0 Å². The van der Waals surface area contributed by atoms with Gasteiger partial charge in [-0.25, -0.2) is 4.98 Å². The van der Waals surface area contributed by atoms with E-state index in [1.54, 1.807) is 16.3 Å². The molecule has 114 valence electrons. The Labute approximate surface area is 138 Å². The van der Waals surface area contributed by atoms with Crippen LogP contribution >= 0.6 is 27.7 Å². The molecule has 0 radical (unpaired) electrons. The normalized spacial score (nSPS) is 11.2. The minimum atomic E-state index is 0.0554. The van der Waals surface area contributed by atoms with E-state index in [0.717, 1.165) is 20.9 Å². The van der Waals surface area contributed by atoms with E-state index in [9.17, 15) is 4.79 Å². The van der Waals surface area contributed by atoms with Crippen LogP contribution in [0.4, 0.5) is 0 Å². The minimum Gasteiger partial charge on any atom is -0.287 e. The zero-order valence-corrected chi connectivity index (χ0v) is 15.0. The Balaban J connectivity index is 2.26. The van der Waals surface area contributed by atoms with Gasteiger partial charge in [-0.3, -0.25) is 9.36 Å². The number of nitrogens with zero attached hydrogens (tertiary/aromatic N) is 2. The van der Waals surface area contributed by atoms with Gasteiger partial charge >= 0.3 is 0 Å². The van der Waals surface area contributed by atoms with Crippen LogP contribution in [0.1, 0.15) is 39.5 Å². The van der Waals surface area contributed by atoms with Gasteiger partial charge in [0.2, 0.25) is 0 Å². The lowest BCUT2D eigenvalue weighted by atomic mass is 10.2. The average Bonchev–Trinajstić information content (AvgIpc) is 2.48. The summed E-state index contributed by atoms with van der Waals surface area (Å²) in [6.07, 6.45) is 4.95. The number of thioether (sulfide) groups is 1. The molecular weight excluding hydrogens is 348 g/mol. The zero-order chi connectivity index (χ0) is 15.2. The van der Waals surface area contributed by atoms with E-state index in [2.05, 4.69) is 27.8 Å². The van der Waals surface area contributed by atoms with Crippen LogP contribution in [-0.2, 0) is 6.54 Å². The number of hydrogen-bond donors (Lipinski definition) is 0. The molecule has 1 heterocycles. The van der Waals surface area contributed by atoms with Crippen LogP contribution in [0.25, 0.3) is 10.9 Å². The Morgan fingerprint density at radius 1 is 1.24 bits per heavy atom. The van der Waals surface area contributed by atoms with Crippen molar-refractivity contribution >= 4 is 38.6 Å². The molecule has 0 saturated carbocycles. The second kappa shape index (κ2) is 7.99. The maximum absolute atomic E-state index is 12.6. The van der Waals surface area contributed by atoms with Gasteiger partial charge in [-0.05, 0) is 31.5 Å². The molecule has 1 aromatic carbocycles. The summed E-state index contributed by atoms with van der Waals surface area (Å²) in [6, 6.07) is 5.69. The highest BCUT2D eigenvalue weighted by Gasteiger charge is 2.10. The van der Waals surface area contributed by atoms with Gasteiger partial charge < -0.3 is 0 Å². The lowest BCUT2D eigenvalue weighted by Gasteiger charge is -2.11. The molecule has 5 heteroatoms. The Morgan fingerprint density at radius 2 is 2.05 bits per heavy atom. The standard InChI is InChI=1S/C16H21BrN2OS/c1-3-5-6-7-10-21-16-18-14-9-8-12(17)11-13(14)15(20)19(16)4-2/h8-9,11H,3-7,10H2,1-2H3. The fourth-order valence-corrected chi connectivity index (χ4v) is 3.68. The Kier molecular flexibility index (Phi) is 6.30. The van der Waals surface area contributed by atoms with E-state index in [0.29, 0.717) is 11.9 Å². The molecule has 0 fully saturated rings. The second-order valence-electron chi connectivity index (χ2n) is 5.01. The van der Waals surface area contributed by atoms with Crippen molar-refractivity contribution in [2.24, 2.45) is 0 Å². The van der Waals surface area contributed by atoms with Gasteiger partial charge in [0.15, 0.2) is 5.16 Å². The van der Waals surface area contributed by atoms with E-state index >= 15 is 0 Å². The van der Waals surface area contributed by atoms with Crippen molar-refractivity contribution < 1.29 is 0 Å². The highest BCUT2D eigenvalue weighted by Crippen LogP contribution is 2.21. The van der Waals surface area contributed by atoms with Crippen LogP contribution in [0.3, 0.4) is 0 Å². The smallest absolute Gasteiger partial charge is 0.262 e. The molecule has 0 saturated heterocycles. The lowest BCUT2D eigenvalue weighted by Crippen LogP contribution is -2.22. The molecule has 3 nitrogen and oxygen atoms in total. The van der Waals surface area contributed by atoms with Crippen LogP contribution in [-0.4, -0.2) is 15.3 Å². The van der Waals surface area contributed by atoms with E-state index in [1.165, 1.54) is 25.7 Å². The monoisotopic (exact) mass is 368 g/mol. The summed E-state index contributed by atoms with van der Waals surface area (Å²) >= 11 is 5.11. The fraction of sp³-hybridized carbons (Fsp3) is 0.500. The Morgan fingerprint density at radius 3 is 2.76 bits per heavy atom. The molecule has 0 unspecified atom stereocenters. The Hall–Kier alpha value is -0.810. The first kappa shape index (κ1) is 16.6. The molecule has 1 aromatic heterocycles. The van der Waals surface area contributed by atoms with Gasteiger partial charge in [0, 0.05) is 16.8 Å². The van der Waals surface area contributed by atoms with Crippen LogP contribution in [0.15, 0.2) is 32.6 Å². The number of rotatable bonds is 7. The summed E-state index contributed by atoms with van der Waals surface area (Å²) in [6.45, 7) is 4.87. The number of unbranched alkanes of at least 4 members (excludes halogenated alkanes) is 3. The number of hydrogen-bond acceptors (Lipinski definition) is 3. The van der Waals surface area contributed by atoms with Crippen LogP contribution in [0.2, 0.25) is 0 Å². The van der Waals surface area contributed by atoms with Crippen molar-refractivity contribution in [3.05, 3.63) is 33.0 Å². The summed E-state index contributed by atoms with van der Waals surface area (Å²) < 4.78 is 2.69. The first-order valence-corrected chi connectivity index (χ1v) is 9.28. The molecule has 0 atom stereocenters. The van der Waals surface area contributed by atoms with Crippen molar-refractivity contribution in [3.63, 3.8) is 0 Å². The average molecular weight is 369 g/mol. The number of fused-ring (bicyclic) bond motifs is 1. The summed E-state index contributed by atoms with van der Waals surface area (Å²) in [5.41, 5.74) is 0.837. The van der Waals surface area contributed by atoms with E-state index < -0.39 is 0 Å². The highest BCUT2D eigenvalue weighted by atomic mass is 79.9. The molecule has 0 aliphatic rings. The molecule has 21 heavy (non-hydrogen) atoms. The first-order valence-electron chi connectivity index (χ1n) is 7.50. The van der Waals surface area contributed by atoms with Crippen molar-refractivity contribution in [3.8, 4) is 0 Å². The van der Waals surface area contributed by atoms with Gasteiger partial charge in [0.1, 0.15) is 0 Å². The van der Waals surface area contributed by atoms with E-state index in [4.69, 9.17) is 0 Å². The molecule has 0 bridgehead atoms. The van der Waals surface area contributed by atoms with E-state index in [1.807, 2.05) is 25.1 Å². The van der Waals surface area contributed by atoms with E-state index in [-0.39, 0.29) is 5.56 Å². The molecule has 0 spiro atoms. The lowest BCUT2D eigenvalue weighted by molar-refractivity contribution is 0.633. The van der Waals surface area contributed by atoms with Gasteiger partial charge in [-0.2, -0.15) is 0 Å². The molecule has 0 amide bonds. The summed E-state index contributed by atoms with van der Waals surface area (Å²) in [5, 5.41) is 1.52. The van der Waals surface area contributed by atoms with Crippen molar-refractivity contribution in [2.75, 3.05) is 5.75 Å². The minimum absolute atomic E-state index is 0.0554. The summed E-state index contributed by atoms with van der Waals surface area (Å²) in [5.74, 6) is 1.02. The second-order valence-corrected chi connectivity index (χ2v) is 6.99. The third-order valence-corrected chi connectivity index (χ3v) is 4.98. The molecule has 0 aliphatic carbocycles. The maximum atomic E-state index is 12.6. The number of aromatic nitrogens is 2.